The van der Waals surface area contributed by atoms with Crippen LogP contribution in [0.5, 0.6) is 0 Å². The Morgan fingerprint density at radius 3 is 2.81 bits per heavy atom. The minimum absolute atomic E-state index is 0.179. The van der Waals surface area contributed by atoms with E-state index >= 15 is 0 Å². The fourth-order valence-corrected chi connectivity index (χ4v) is 2.80. The molecule has 0 aliphatic heterocycles. The third-order valence-electron chi connectivity index (χ3n) is 3.78. The Hall–Kier alpha value is -2.43. The van der Waals surface area contributed by atoms with Gasteiger partial charge in [-0.1, -0.05) is 24.3 Å². The van der Waals surface area contributed by atoms with Gasteiger partial charge in [-0.3, -0.25) is 0 Å². The average molecular weight is 289 g/mol. The van der Waals surface area contributed by atoms with Gasteiger partial charge in [0.25, 0.3) is 0 Å². The Kier molecular flexibility index (Phi) is 3.33. The van der Waals surface area contributed by atoms with Crippen molar-refractivity contribution in [1.29, 1.82) is 0 Å². The molecule has 3 rings (SSSR count). The van der Waals surface area contributed by atoms with Crippen LogP contribution in [0.1, 0.15) is 23.6 Å². The lowest BCUT2D eigenvalue weighted by Gasteiger charge is -2.13. The van der Waals surface area contributed by atoms with E-state index in [0.29, 0.717) is 12.0 Å². The SMILES string of the molecule is O=C(O)NC1CCc2ccc(-c3cccc(F)c3F)cc21. The van der Waals surface area contributed by atoms with Crippen LogP contribution in [-0.2, 0) is 6.42 Å². The van der Waals surface area contributed by atoms with Crippen LogP contribution in [0.3, 0.4) is 0 Å². The van der Waals surface area contributed by atoms with E-state index in [9.17, 15) is 13.6 Å². The Balaban J connectivity index is 2.03. The summed E-state index contributed by atoms with van der Waals surface area (Å²) in [6.45, 7) is 0. The molecule has 5 heteroatoms. The summed E-state index contributed by atoms with van der Waals surface area (Å²) in [7, 11) is 0. The molecule has 3 nitrogen and oxygen atoms in total. The monoisotopic (exact) mass is 289 g/mol. The molecule has 1 amide bonds. The molecule has 1 aliphatic rings. The Labute approximate surface area is 120 Å². The average Bonchev–Trinajstić information content (AvgIpc) is 2.84. The summed E-state index contributed by atoms with van der Waals surface area (Å²) in [5.41, 5.74) is 2.59. The number of halogens is 2. The van der Waals surface area contributed by atoms with Gasteiger partial charge in [-0.15, -0.1) is 0 Å². The molecule has 0 spiro atoms. The van der Waals surface area contributed by atoms with E-state index in [2.05, 4.69) is 5.32 Å². The van der Waals surface area contributed by atoms with Gasteiger partial charge in [0.05, 0.1) is 6.04 Å². The van der Waals surface area contributed by atoms with Crippen molar-refractivity contribution in [3.8, 4) is 11.1 Å². The zero-order valence-corrected chi connectivity index (χ0v) is 11.1. The summed E-state index contributed by atoms with van der Waals surface area (Å²) >= 11 is 0. The first-order chi connectivity index (χ1) is 10.1. The van der Waals surface area contributed by atoms with Gasteiger partial charge >= 0.3 is 6.09 Å². The molecule has 0 aromatic heterocycles. The summed E-state index contributed by atoms with van der Waals surface area (Å²) in [5.74, 6) is -1.79. The van der Waals surface area contributed by atoms with Crippen LogP contribution in [0.15, 0.2) is 36.4 Å². The Morgan fingerprint density at radius 2 is 2.05 bits per heavy atom. The van der Waals surface area contributed by atoms with Crippen molar-refractivity contribution < 1.29 is 18.7 Å². The lowest BCUT2D eigenvalue weighted by molar-refractivity contribution is 0.190. The minimum Gasteiger partial charge on any atom is -0.465 e. The summed E-state index contributed by atoms with van der Waals surface area (Å²) in [6.07, 6.45) is 0.360. The second-order valence-corrected chi connectivity index (χ2v) is 5.06. The smallest absolute Gasteiger partial charge is 0.405 e. The molecule has 2 aromatic rings. The molecule has 0 heterocycles. The van der Waals surface area contributed by atoms with Gasteiger partial charge in [-0.2, -0.15) is 0 Å². The van der Waals surface area contributed by atoms with Gasteiger partial charge in [0.1, 0.15) is 0 Å². The Morgan fingerprint density at radius 1 is 1.24 bits per heavy atom. The lowest BCUT2D eigenvalue weighted by atomic mass is 9.99. The van der Waals surface area contributed by atoms with Crippen molar-refractivity contribution in [2.24, 2.45) is 0 Å². The van der Waals surface area contributed by atoms with Crippen LogP contribution in [0.2, 0.25) is 0 Å². The second-order valence-electron chi connectivity index (χ2n) is 5.06. The maximum atomic E-state index is 13.9. The summed E-state index contributed by atoms with van der Waals surface area (Å²) in [6, 6.07) is 9.05. The molecular weight excluding hydrogens is 276 g/mol. The number of amides is 1. The molecule has 1 atom stereocenters. The topological polar surface area (TPSA) is 49.3 Å². The van der Waals surface area contributed by atoms with E-state index < -0.39 is 17.7 Å². The first-order valence-electron chi connectivity index (χ1n) is 6.63. The normalized spacial score (nSPS) is 16.6. The molecule has 2 aromatic carbocycles. The number of carboxylic acid groups (broad SMARTS) is 1. The standard InChI is InChI=1S/C16H13F2NO2/c17-13-3-1-2-11(15(13)18)10-5-4-9-6-7-14(12(9)8-10)19-16(20)21/h1-5,8,14,19H,6-7H2,(H,20,21). The summed E-state index contributed by atoms with van der Waals surface area (Å²) in [5, 5.41) is 11.3. The van der Waals surface area contributed by atoms with Crippen LogP contribution in [0, 0.1) is 11.6 Å². The van der Waals surface area contributed by atoms with Gasteiger partial charge < -0.3 is 10.4 Å². The quantitative estimate of drug-likeness (QED) is 0.881. The maximum absolute atomic E-state index is 13.9. The van der Waals surface area contributed by atoms with E-state index in [0.717, 1.165) is 23.6 Å². The number of aryl methyl sites for hydroxylation is 1. The number of nitrogens with one attached hydrogen (secondary N) is 1. The number of hydrogen-bond acceptors (Lipinski definition) is 1. The van der Waals surface area contributed by atoms with Crippen molar-refractivity contribution in [3.05, 3.63) is 59.2 Å². The van der Waals surface area contributed by atoms with Crippen LogP contribution in [0.25, 0.3) is 11.1 Å². The van der Waals surface area contributed by atoms with Gasteiger partial charge in [0.15, 0.2) is 11.6 Å². The molecule has 0 fully saturated rings. The van der Waals surface area contributed by atoms with E-state index in [-0.39, 0.29) is 11.6 Å². The highest BCUT2D eigenvalue weighted by atomic mass is 19.2. The van der Waals surface area contributed by atoms with Crippen molar-refractivity contribution in [3.63, 3.8) is 0 Å². The molecule has 1 unspecified atom stereocenters. The van der Waals surface area contributed by atoms with E-state index in [1.807, 2.05) is 6.07 Å². The number of fused-ring (bicyclic) bond motifs is 1. The first kappa shape index (κ1) is 13.5. The zero-order chi connectivity index (χ0) is 15.0. The van der Waals surface area contributed by atoms with Crippen LogP contribution in [-0.4, -0.2) is 11.2 Å². The van der Waals surface area contributed by atoms with Crippen molar-refractivity contribution >= 4 is 6.09 Å². The van der Waals surface area contributed by atoms with Gasteiger partial charge in [-0.05, 0) is 41.7 Å². The maximum Gasteiger partial charge on any atom is 0.405 e. The fourth-order valence-electron chi connectivity index (χ4n) is 2.80. The molecule has 108 valence electrons. The molecule has 2 N–H and O–H groups in total. The largest absolute Gasteiger partial charge is 0.465 e. The lowest BCUT2D eigenvalue weighted by Crippen LogP contribution is -2.24. The molecular formula is C16H13F2NO2. The first-order valence-corrected chi connectivity index (χ1v) is 6.63. The Bertz CT molecular complexity index is 715. The predicted molar refractivity (Wildman–Crippen MR) is 74.0 cm³/mol. The molecule has 0 saturated carbocycles. The van der Waals surface area contributed by atoms with Crippen molar-refractivity contribution in [1.82, 2.24) is 5.32 Å². The molecule has 21 heavy (non-hydrogen) atoms. The highest BCUT2D eigenvalue weighted by Crippen LogP contribution is 2.35. The third kappa shape index (κ3) is 2.46. The van der Waals surface area contributed by atoms with Crippen molar-refractivity contribution in [2.75, 3.05) is 0 Å². The predicted octanol–water partition coefficient (Wildman–Crippen LogP) is 3.89. The number of carbonyl (C=O) groups is 1. The molecule has 1 aliphatic carbocycles. The second kappa shape index (κ2) is 5.16. The number of rotatable bonds is 2. The summed E-state index contributed by atoms with van der Waals surface area (Å²) < 4.78 is 27.2. The zero-order valence-electron chi connectivity index (χ0n) is 11.1. The minimum atomic E-state index is -1.09. The van der Waals surface area contributed by atoms with E-state index in [1.165, 1.54) is 12.1 Å². The third-order valence-corrected chi connectivity index (χ3v) is 3.78. The van der Waals surface area contributed by atoms with E-state index in [1.54, 1.807) is 12.1 Å². The fraction of sp³-hybridized carbons (Fsp3) is 0.188. The van der Waals surface area contributed by atoms with Crippen LogP contribution >= 0.6 is 0 Å². The molecule has 0 saturated heterocycles. The highest BCUT2D eigenvalue weighted by Gasteiger charge is 2.24. The van der Waals surface area contributed by atoms with Gasteiger partial charge in [0, 0.05) is 5.56 Å². The van der Waals surface area contributed by atoms with Gasteiger partial charge in [0.2, 0.25) is 0 Å². The molecule has 0 bridgehead atoms. The molecule has 0 radical (unpaired) electrons. The van der Waals surface area contributed by atoms with Gasteiger partial charge in [-0.25, -0.2) is 13.6 Å². The number of hydrogen-bond donors (Lipinski definition) is 2. The van der Waals surface area contributed by atoms with E-state index in [4.69, 9.17) is 5.11 Å². The highest BCUT2D eigenvalue weighted by molar-refractivity contribution is 5.68. The van der Waals surface area contributed by atoms with Crippen molar-refractivity contribution in [2.45, 2.75) is 18.9 Å². The number of benzene rings is 2. The van der Waals surface area contributed by atoms with Crippen LogP contribution in [0.4, 0.5) is 13.6 Å². The van der Waals surface area contributed by atoms with Crippen LogP contribution < -0.4 is 5.32 Å². The summed E-state index contributed by atoms with van der Waals surface area (Å²) in [4.78, 5) is 10.8.